The van der Waals surface area contributed by atoms with Gasteiger partial charge in [-0.15, -0.1) is 0 Å². The van der Waals surface area contributed by atoms with Gasteiger partial charge in [0.25, 0.3) is 0 Å². The summed E-state index contributed by atoms with van der Waals surface area (Å²) in [4.78, 5) is 2.52. The fraction of sp³-hybridized carbons (Fsp3) is 0.538. The van der Waals surface area contributed by atoms with Crippen molar-refractivity contribution in [3.63, 3.8) is 0 Å². The molecule has 0 spiro atoms. The predicted molar refractivity (Wildman–Crippen MR) is 80.4 cm³/mol. The molecule has 0 aromatic heterocycles. The van der Waals surface area contributed by atoms with Crippen molar-refractivity contribution in [1.82, 2.24) is 4.90 Å². The van der Waals surface area contributed by atoms with Crippen molar-refractivity contribution in [2.24, 2.45) is 0 Å². The van der Waals surface area contributed by atoms with Crippen molar-refractivity contribution < 1.29 is 0 Å². The first kappa shape index (κ1) is 13.2. The van der Waals surface area contributed by atoms with Crippen LogP contribution >= 0.6 is 27.7 Å². The van der Waals surface area contributed by atoms with Crippen LogP contribution in [0.1, 0.15) is 19.4 Å². The molecule has 1 saturated heterocycles. The van der Waals surface area contributed by atoms with E-state index in [-0.39, 0.29) is 0 Å². The Morgan fingerprint density at radius 3 is 2.88 bits per heavy atom. The number of hydrogen-bond acceptors (Lipinski definition) is 3. The Balaban J connectivity index is 2.03. The monoisotopic (exact) mass is 314 g/mol. The zero-order valence-corrected chi connectivity index (χ0v) is 12.8. The first-order valence-electron chi connectivity index (χ1n) is 5.86. The van der Waals surface area contributed by atoms with Gasteiger partial charge in [-0.05, 0) is 47.5 Å². The van der Waals surface area contributed by atoms with Crippen molar-refractivity contribution >= 4 is 33.4 Å². The molecule has 2 N–H and O–H groups in total. The van der Waals surface area contributed by atoms with Crippen LogP contribution in [0.5, 0.6) is 0 Å². The summed E-state index contributed by atoms with van der Waals surface area (Å²) in [7, 11) is 0. The Kier molecular flexibility index (Phi) is 4.06. The normalized spacial score (nSPS) is 20.4. The summed E-state index contributed by atoms with van der Waals surface area (Å²) in [5.74, 6) is 1.23. The van der Waals surface area contributed by atoms with Gasteiger partial charge in [-0.1, -0.05) is 6.07 Å². The lowest BCUT2D eigenvalue weighted by atomic mass is 10.1. The molecule has 0 aliphatic carbocycles. The van der Waals surface area contributed by atoms with E-state index in [9.17, 15) is 0 Å². The van der Waals surface area contributed by atoms with Crippen molar-refractivity contribution in [3.05, 3.63) is 28.2 Å². The van der Waals surface area contributed by atoms with Crippen LogP contribution in [0.4, 0.5) is 5.69 Å². The van der Waals surface area contributed by atoms with Gasteiger partial charge in [0, 0.05) is 40.3 Å². The molecule has 2 nitrogen and oxygen atoms in total. The Morgan fingerprint density at radius 2 is 2.24 bits per heavy atom. The summed E-state index contributed by atoms with van der Waals surface area (Å²) in [6.07, 6.45) is 0. The topological polar surface area (TPSA) is 29.3 Å². The third kappa shape index (κ3) is 3.63. The van der Waals surface area contributed by atoms with Gasteiger partial charge in [-0.3, -0.25) is 4.90 Å². The molecule has 4 heteroatoms. The third-order valence-electron chi connectivity index (χ3n) is 2.98. The molecular weight excluding hydrogens is 296 g/mol. The molecule has 0 amide bonds. The summed E-state index contributed by atoms with van der Waals surface area (Å²) >= 11 is 5.56. The second-order valence-corrected chi connectivity index (χ2v) is 7.83. The molecule has 2 rings (SSSR count). The SMILES string of the molecule is CC1(C)CN(Cc2ccc(N)c(Br)c2)CCS1. The zero-order chi connectivity index (χ0) is 12.5. The summed E-state index contributed by atoms with van der Waals surface area (Å²) in [5, 5.41) is 0. The Hall–Kier alpha value is -0.190. The first-order valence-corrected chi connectivity index (χ1v) is 7.64. The average Bonchev–Trinajstić information content (AvgIpc) is 2.22. The van der Waals surface area contributed by atoms with Crippen molar-refractivity contribution in [2.75, 3.05) is 24.6 Å². The van der Waals surface area contributed by atoms with E-state index in [1.807, 2.05) is 6.07 Å². The van der Waals surface area contributed by atoms with Crippen LogP contribution in [0.25, 0.3) is 0 Å². The lowest BCUT2D eigenvalue weighted by Gasteiger charge is -2.37. The van der Waals surface area contributed by atoms with Gasteiger partial charge in [-0.2, -0.15) is 11.8 Å². The maximum atomic E-state index is 5.80. The molecule has 1 aliphatic rings. The molecule has 1 fully saturated rings. The quantitative estimate of drug-likeness (QED) is 0.849. The van der Waals surface area contributed by atoms with E-state index < -0.39 is 0 Å². The van der Waals surface area contributed by atoms with Crippen molar-refractivity contribution in [1.29, 1.82) is 0 Å². The minimum Gasteiger partial charge on any atom is -0.398 e. The highest BCUT2D eigenvalue weighted by atomic mass is 79.9. The molecule has 1 aromatic carbocycles. The first-order chi connectivity index (χ1) is 7.96. The molecule has 0 bridgehead atoms. The Morgan fingerprint density at radius 1 is 1.47 bits per heavy atom. The molecule has 0 atom stereocenters. The second kappa shape index (κ2) is 5.21. The minimum atomic E-state index is 0.378. The zero-order valence-electron chi connectivity index (χ0n) is 10.4. The van der Waals surface area contributed by atoms with E-state index in [0.29, 0.717) is 4.75 Å². The number of halogens is 1. The van der Waals surface area contributed by atoms with Crippen LogP contribution in [0.15, 0.2) is 22.7 Å². The number of anilines is 1. The smallest absolute Gasteiger partial charge is 0.0458 e. The summed E-state index contributed by atoms with van der Waals surface area (Å²) < 4.78 is 1.38. The maximum absolute atomic E-state index is 5.80. The van der Waals surface area contributed by atoms with Crippen LogP contribution in [0, 0.1) is 0 Å². The molecular formula is C13H19BrN2S. The van der Waals surface area contributed by atoms with Gasteiger partial charge in [0.2, 0.25) is 0 Å². The molecule has 1 heterocycles. The number of hydrogen-bond donors (Lipinski definition) is 1. The number of rotatable bonds is 2. The standard InChI is InChI=1S/C13H19BrN2S/c1-13(2)9-16(5-6-17-13)8-10-3-4-12(15)11(14)7-10/h3-4,7H,5-6,8-9,15H2,1-2H3. The summed E-state index contributed by atoms with van der Waals surface area (Å²) in [6.45, 7) is 7.99. The molecule has 0 unspecified atom stereocenters. The molecule has 0 saturated carbocycles. The lowest BCUT2D eigenvalue weighted by molar-refractivity contribution is 0.252. The number of nitrogen functional groups attached to an aromatic ring is 1. The molecule has 94 valence electrons. The van der Waals surface area contributed by atoms with Crippen molar-refractivity contribution in [3.8, 4) is 0 Å². The van der Waals surface area contributed by atoms with Crippen molar-refractivity contribution in [2.45, 2.75) is 25.1 Å². The molecule has 1 aliphatic heterocycles. The van der Waals surface area contributed by atoms with E-state index in [4.69, 9.17) is 5.73 Å². The van der Waals surface area contributed by atoms with E-state index in [1.165, 1.54) is 17.9 Å². The van der Waals surface area contributed by atoms with Crippen LogP contribution in [-0.4, -0.2) is 28.5 Å². The highest BCUT2D eigenvalue weighted by Crippen LogP contribution is 2.30. The van der Waals surface area contributed by atoms with Crippen LogP contribution in [0.2, 0.25) is 0 Å². The fourth-order valence-corrected chi connectivity index (χ4v) is 3.78. The van der Waals surface area contributed by atoms with Crippen LogP contribution in [0.3, 0.4) is 0 Å². The number of thioether (sulfide) groups is 1. The van der Waals surface area contributed by atoms with Gasteiger partial charge < -0.3 is 5.73 Å². The van der Waals surface area contributed by atoms with E-state index in [0.717, 1.165) is 23.2 Å². The number of nitrogens with two attached hydrogens (primary N) is 1. The highest BCUT2D eigenvalue weighted by molar-refractivity contribution is 9.10. The van der Waals surface area contributed by atoms with Crippen LogP contribution < -0.4 is 5.73 Å². The fourth-order valence-electron chi connectivity index (χ4n) is 2.18. The molecule has 1 aromatic rings. The van der Waals surface area contributed by atoms with Gasteiger partial charge in [0.15, 0.2) is 0 Å². The van der Waals surface area contributed by atoms with E-state index in [2.05, 4.69) is 58.6 Å². The minimum absolute atomic E-state index is 0.378. The van der Waals surface area contributed by atoms with E-state index >= 15 is 0 Å². The number of benzene rings is 1. The van der Waals surface area contributed by atoms with Gasteiger partial charge in [0.1, 0.15) is 0 Å². The molecule has 17 heavy (non-hydrogen) atoms. The maximum Gasteiger partial charge on any atom is 0.0458 e. The predicted octanol–water partition coefficient (Wildman–Crippen LogP) is 3.36. The van der Waals surface area contributed by atoms with Gasteiger partial charge in [-0.25, -0.2) is 0 Å². The van der Waals surface area contributed by atoms with Gasteiger partial charge in [0.05, 0.1) is 0 Å². The lowest BCUT2D eigenvalue weighted by Crippen LogP contribution is -2.42. The average molecular weight is 315 g/mol. The second-order valence-electron chi connectivity index (χ2n) is 5.17. The van der Waals surface area contributed by atoms with Crippen LogP contribution in [-0.2, 0) is 6.54 Å². The molecule has 0 radical (unpaired) electrons. The third-order valence-corrected chi connectivity index (χ3v) is 4.96. The van der Waals surface area contributed by atoms with E-state index in [1.54, 1.807) is 0 Å². The largest absolute Gasteiger partial charge is 0.398 e. The Bertz CT molecular complexity index is 406. The summed E-state index contributed by atoms with van der Waals surface area (Å²) in [5.41, 5.74) is 7.94. The van der Waals surface area contributed by atoms with Gasteiger partial charge >= 0.3 is 0 Å². The number of nitrogens with zero attached hydrogens (tertiary/aromatic N) is 1. The Labute approximate surface area is 116 Å². The summed E-state index contributed by atoms with van der Waals surface area (Å²) in [6, 6.07) is 6.22. The highest BCUT2D eigenvalue weighted by Gasteiger charge is 2.26.